The fraction of sp³-hybridized carbons (Fsp3) is 0.308. The average Bonchev–Trinajstić information content (AvgIpc) is 3.60. The predicted octanol–water partition coefficient (Wildman–Crippen LogP) is 5.87. The summed E-state index contributed by atoms with van der Waals surface area (Å²) >= 11 is 6.07. The largest absolute Gasteiger partial charge is 0.354 e. The molecule has 9 heteroatoms. The Morgan fingerprint density at radius 2 is 1.91 bits per heavy atom. The van der Waals surface area contributed by atoms with E-state index in [4.69, 9.17) is 16.1 Å². The lowest BCUT2D eigenvalue weighted by molar-refractivity contribution is 0.203. The number of rotatable bonds is 6. The van der Waals surface area contributed by atoms with E-state index in [1.165, 1.54) is 0 Å². The number of hydrogen-bond acceptors (Lipinski definition) is 5. The summed E-state index contributed by atoms with van der Waals surface area (Å²) in [5.74, 6) is 2.24. The highest BCUT2D eigenvalue weighted by Gasteiger charge is 2.35. The third kappa shape index (κ3) is 4.66. The summed E-state index contributed by atoms with van der Waals surface area (Å²) in [5.41, 5.74) is 3.18. The van der Waals surface area contributed by atoms with Crippen LogP contribution in [0.25, 0.3) is 11.3 Å². The van der Waals surface area contributed by atoms with Crippen molar-refractivity contribution in [3.8, 4) is 11.3 Å². The van der Waals surface area contributed by atoms with Crippen molar-refractivity contribution in [1.82, 2.24) is 24.8 Å². The van der Waals surface area contributed by atoms with Gasteiger partial charge in [-0.15, -0.1) is 10.2 Å². The molecule has 3 heterocycles. The zero-order valence-electron chi connectivity index (χ0n) is 19.7. The van der Waals surface area contributed by atoms with Crippen LogP contribution in [0.15, 0.2) is 59.1 Å². The van der Waals surface area contributed by atoms with Crippen LogP contribution < -0.4 is 5.32 Å². The normalized spacial score (nSPS) is 15.5. The molecule has 1 aliphatic heterocycles. The second-order valence-corrected chi connectivity index (χ2v) is 9.10. The van der Waals surface area contributed by atoms with Crippen LogP contribution in [0.1, 0.15) is 48.7 Å². The smallest absolute Gasteiger partial charge is 0.322 e. The third-order valence-electron chi connectivity index (χ3n) is 6.37. The van der Waals surface area contributed by atoms with Crippen molar-refractivity contribution < 1.29 is 9.32 Å². The van der Waals surface area contributed by atoms with Crippen molar-refractivity contribution in [2.24, 2.45) is 0 Å². The first-order valence-corrected chi connectivity index (χ1v) is 12.2. The van der Waals surface area contributed by atoms with Crippen LogP contribution in [0, 0.1) is 6.92 Å². The van der Waals surface area contributed by atoms with Crippen molar-refractivity contribution in [2.45, 2.75) is 45.7 Å². The molecule has 0 aliphatic carbocycles. The zero-order valence-corrected chi connectivity index (χ0v) is 20.5. The van der Waals surface area contributed by atoms with Crippen LogP contribution in [0.3, 0.4) is 0 Å². The van der Waals surface area contributed by atoms with E-state index in [1.54, 1.807) is 0 Å². The number of aryl methyl sites for hydroxylation is 2. The zero-order chi connectivity index (χ0) is 24.4. The molecule has 0 radical (unpaired) electrons. The van der Waals surface area contributed by atoms with E-state index in [-0.39, 0.29) is 12.1 Å². The van der Waals surface area contributed by atoms with E-state index in [9.17, 15) is 4.79 Å². The summed E-state index contributed by atoms with van der Waals surface area (Å²) in [7, 11) is 0. The SMILES string of the molecule is CCc1nnc([C@H]2CCCN2C(=O)Nc2c(C)noc2-c2ccccc2)n1Cc1ccc(Cl)cc1. The fourth-order valence-electron chi connectivity index (χ4n) is 4.56. The Morgan fingerprint density at radius 1 is 1.14 bits per heavy atom. The molecule has 0 spiro atoms. The number of hydrogen-bond donors (Lipinski definition) is 1. The fourth-order valence-corrected chi connectivity index (χ4v) is 4.69. The molecule has 1 saturated heterocycles. The standard InChI is InChI=1S/C26H27ClN6O2/c1-3-22-29-30-25(33(22)16-18-11-13-20(27)14-12-18)21-10-7-15-32(21)26(34)28-23-17(2)31-35-24(23)19-8-5-4-6-9-19/h4-6,8-9,11-14,21H,3,7,10,15-16H2,1-2H3,(H,28,34)/t21-/m1/s1. The van der Waals surface area contributed by atoms with Crippen molar-refractivity contribution in [2.75, 3.05) is 11.9 Å². The van der Waals surface area contributed by atoms with Crippen molar-refractivity contribution in [3.05, 3.63) is 82.5 Å². The van der Waals surface area contributed by atoms with Gasteiger partial charge in [-0.3, -0.25) is 0 Å². The number of benzene rings is 2. The Bertz CT molecular complexity index is 1320. The van der Waals surface area contributed by atoms with Crippen LogP contribution >= 0.6 is 11.6 Å². The van der Waals surface area contributed by atoms with Gasteiger partial charge in [0.25, 0.3) is 0 Å². The molecule has 5 rings (SSSR count). The van der Waals surface area contributed by atoms with Crippen LogP contribution in [-0.4, -0.2) is 37.4 Å². The van der Waals surface area contributed by atoms with E-state index in [2.05, 4.69) is 32.2 Å². The number of carbonyl (C=O) groups is 1. The molecule has 0 unspecified atom stereocenters. The molecule has 1 atom stereocenters. The number of likely N-dealkylation sites (tertiary alicyclic amines) is 1. The first-order valence-electron chi connectivity index (χ1n) is 11.8. The molecule has 2 aromatic heterocycles. The minimum atomic E-state index is -0.199. The lowest BCUT2D eigenvalue weighted by atomic mass is 10.1. The molecule has 8 nitrogen and oxygen atoms in total. The molecular formula is C26H27ClN6O2. The molecule has 1 aliphatic rings. The highest BCUT2D eigenvalue weighted by Crippen LogP contribution is 2.35. The van der Waals surface area contributed by atoms with Gasteiger partial charge in [-0.2, -0.15) is 0 Å². The molecule has 2 aromatic carbocycles. The lowest BCUT2D eigenvalue weighted by Crippen LogP contribution is -2.36. The Morgan fingerprint density at radius 3 is 2.66 bits per heavy atom. The van der Waals surface area contributed by atoms with Gasteiger partial charge >= 0.3 is 6.03 Å². The number of anilines is 1. The maximum Gasteiger partial charge on any atom is 0.322 e. The van der Waals surface area contributed by atoms with Crippen LogP contribution in [0.5, 0.6) is 0 Å². The minimum Gasteiger partial charge on any atom is -0.354 e. The Kier molecular flexibility index (Phi) is 6.55. The first kappa shape index (κ1) is 23.1. The van der Waals surface area contributed by atoms with E-state index in [0.717, 1.165) is 42.0 Å². The van der Waals surface area contributed by atoms with E-state index in [0.29, 0.717) is 35.3 Å². The Balaban J connectivity index is 1.41. The van der Waals surface area contributed by atoms with Gasteiger partial charge < -0.3 is 19.3 Å². The van der Waals surface area contributed by atoms with E-state index < -0.39 is 0 Å². The van der Waals surface area contributed by atoms with E-state index >= 15 is 0 Å². The van der Waals surface area contributed by atoms with Crippen LogP contribution in [-0.2, 0) is 13.0 Å². The predicted molar refractivity (Wildman–Crippen MR) is 134 cm³/mol. The topological polar surface area (TPSA) is 89.1 Å². The van der Waals surface area contributed by atoms with Crippen molar-refractivity contribution in [1.29, 1.82) is 0 Å². The Hall–Kier alpha value is -3.65. The average molecular weight is 491 g/mol. The maximum atomic E-state index is 13.5. The monoisotopic (exact) mass is 490 g/mol. The Labute approximate surface area is 208 Å². The maximum absolute atomic E-state index is 13.5. The van der Waals surface area contributed by atoms with Gasteiger partial charge in [-0.1, -0.05) is 66.1 Å². The first-order chi connectivity index (χ1) is 17.0. The van der Waals surface area contributed by atoms with Crippen LogP contribution in [0.4, 0.5) is 10.5 Å². The van der Waals surface area contributed by atoms with Gasteiger partial charge in [0.2, 0.25) is 0 Å². The number of carbonyl (C=O) groups excluding carboxylic acids is 1. The van der Waals surface area contributed by atoms with Gasteiger partial charge in [-0.25, -0.2) is 4.79 Å². The van der Waals surface area contributed by atoms with Crippen LogP contribution in [0.2, 0.25) is 5.02 Å². The van der Waals surface area contributed by atoms with Gasteiger partial charge in [0, 0.05) is 23.6 Å². The summed E-state index contributed by atoms with van der Waals surface area (Å²) in [6, 6.07) is 17.0. The second-order valence-electron chi connectivity index (χ2n) is 8.66. The molecular weight excluding hydrogens is 464 g/mol. The molecule has 0 bridgehead atoms. The molecule has 1 N–H and O–H groups in total. The summed E-state index contributed by atoms with van der Waals surface area (Å²) in [6.45, 7) is 5.14. The molecule has 0 saturated carbocycles. The quantitative estimate of drug-likeness (QED) is 0.365. The molecule has 180 valence electrons. The third-order valence-corrected chi connectivity index (χ3v) is 6.62. The second kappa shape index (κ2) is 9.92. The minimum absolute atomic E-state index is 0.171. The highest BCUT2D eigenvalue weighted by atomic mass is 35.5. The molecule has 4 aromatic rings. The number of aromatic nitrogens is 4. The van der Waals surface area contributed by atoms with Gasteiger partial charge in [0.05, 0.1) is 12.6 Å². The molecule has 2 amide bonds. The van der Waals surface area contributed by atoms with Crippen molar-refractivity contribution >= 4 is 23.3 Å². The highest BCUT2D eigenvalue weighted by molar-refractivity contribution is 6.30. The lowest BCUT2D eigenvalue weighted by Gasteiger charge is -2.25. The van der Waals surface area contributed by atoms with E-state index in [1.807, 2.05) is 66.4 Å². The molecule has 1 fully saturated rings. The van der Waals surface area contributed by atoms with Crippen molar-refractivity contribution in [3.63, 3.8) is 0 Å². The summed E-state index contributed by atoms with van der Waals surface area (Å²) in [4.78, 5) is 15.3. The summed E-state index contributed by atoms with van der Waals surface area (Å²) in [5, 5.41) is 16.8. The van der Waals surface area contributed by atoms with Gasteiger partial charge in [0.15, 0.2) is 11.6 Å². The number of nitrogens with one attached hydrogen (secondary N) is 1. The van der Waals surface area contributed by atoms with Gasteiger partial charge in [0.1, 0.15) is 17.2 Å². The number of amides is 2. The number of halogens is 1. The summed E-state index contributed by atoms with van der Waals surface area (Å²) < 4.78 is 7.67. The summed E-state index contributed by atoms with van der Waals surface area (Å²) in [6.07, 6.45) is 2.46. The van der Waals surface area contributed by atoms with Gasteiger partial charge in [-0.05, 0) is 37.5 Å². The molecule has 35 heavy (non-hydrogen) atoms. The number of nitrogens with zero attached hydrogens (tertiary/aromatic N) is 5. The number of urea groups is 1.